The summed E-state index contributed by atoms with van der Waals surface area (Å²) in [6.07, 6.45) is 2.11. The summed E-state index contributed by atoms with van der Waals surface area (Å²) in [7, 11) is 4.02. The molecule has 0 spiro atoms. The molecular weight excluding hydrogens is 236 g/mol. The van der Waals surface area contributed by atoms with Crippen LogP contribution in [0.5, 0.6) is 0 Å². The van der Waals surface area contributed by atoms with Crippen molar-refractivity contribution in [2.45, 2.75) is 18.9 Å². The van der Waals surface area contributed by atoms with E-state index in [9.17, 15) is 0 Å². The fraction of sp³-hybridized carbons (Fsp3) is 0.538. The van der Waals surface area contributed by atoms with Crippen molar-refractivity contribution < 1.29 is 4.74 Å². The molecular formula is C13H19ClN2O. The first kappa shape index (κ1) is 12.5. The first-order valence-electron chi connectivity index (χ1n) is 5.98. The van der Waals surface area contributed by atoms with Gasteiger partial charge in [0.1, 0.15) is 0 Å². The number of hydrogen-bond donors (Lipinski definition) is 1. The molecule has 0 bridgehead atoms. The summed E-state index contributed by atoms with van der Waals surface area (Å²) in [5.74, 6) is 0. The fourth-order valence-electron chi connectivity index (χ4n) is 2.15. The fourth-order valence-corrected chi connectivity index (χ4v) is 2.49. The van der Waals surface area contributed by atoms with E-state index < -0.39 is 0 Å². The molecule has 0 amide bonds. The average molecular weight is 255 g/mol. The molecule has 1 N–H and O–H groups in total. The predicted molar refractivity (Wildman–Crippen MR) is 73.2 cm³/mol. The van der Waals surface area contributed by atoms with E-state index in [1.165, 1.54) is 0 Å². The average Bonchev–Trinajstić information content (AvgIpc) is 2.30. The van der Waals surface area contributed by atoms with Gasteiger partial charge in [-0.1, -0.05) is 17.7 Å². The monoisotopic (exact) mass is 254 g/mol. The predicted octanol–water partition coefficient (Wildman–Crippen LogP) is 3.00. The van der Waals surface area contributed by atoms with E-state index in [0.29, 0.717) is 6.04 Å². The topological polar surface area (TPSA) is 24.5 Å². The summed E-state index contributed by atoms with van der Waals surface area (Å²) in [5, 5.41) is 4.35. The molecule has 0 unspecified atom stereocenters. The Labute approximate surface area is 108 Å². The number of rotatable bonds is 3. The van der Waals surface area contributed by atoms with E-state index in [1.807, 2.05) is 31.1 Å². The van der Waals surface area contributed by atoms with Gasteiger partial charge in [0, 0.05) is 33.4 Å². The Bertz CT molecular complexity index is 376. The minimum absolute atomic E-state index is 0.487. The highest BCUT2D eigenvalue weighted by Gasteiger charge is 2.16. The van der Waals surface area contributed by atoms with Crippen LogP contribution in [0.3, 0.4) is 0 Å². The van der Waals surface area contributed by atoms with Crippen LogP contribution < -0.4 is 10.2 Å². The molecule has 1 aliphatic heterocycles. The molecule has 1 fully saturated rings. The van der Waals surface area contributed by atoms with Crippen LogP contribution in [0.4, 0.5) is 11.4 Å². The zero-order chi connectivity index (χ0) is 12.3. The van der Waals surface area contributed by atoms with Crippen LogP contribution in [-0.2, 0) is 4.74 Å². The Morgan fingerprint density at radius 3 is 2.65 bits per heavy atom. The van der Waals surface area contributed by atoms with Crippen LogP contribution >= 0.6 is 11.6 Å². The van der Waals surface area contributed by atoms with Crippen molar-refractivity contribution in [2.75, 3.05) is 37.5 Å². The highest BCUT2D eigenvalue weighted by Crippen LogP contribution is 2.33. The number of anilines is 2. The van der Waals surface area contributed by atoms with Gasteiger partial charge in [-0.05, 0) is 25.0 Å². The molecule has 1 aromatic carbocycles. The molecule has 1 heterocycles. The highest BCUT2D eigenvalue weighted by atomic mass is 35.5. The van der Waals surface area contributed by atoms with Gasteiger partial charge in [-0.2, -0.15) is 0 Å². The summed E-state index contributed by atoms with van der Waals surface area (Å²) < 4.78 is 5.36. The van der Waals surface area contributed by atoms with Crippen LogP contribution in [0.15, 0.2) is 18.2 Å². The second-order valence-corrected chi connectivity index (χ2v) is 4.97. The molecule has 17 heavy (non-hydrogen) atoms. The standard InChI is InChI=1S/C13H19ClN2O/c1-16(2)13-11(14)4-3-5-12(13)15-10-6-8-17-9-7-10/h3-5,10,15H,6-9H2,1-2H3. The van der Waals surface area contributed by atoms with Crippen molar-refractivity contribution in [1.29, 1.82) is 0 Å². The zero-order valence-corrected chi connectivity index (χ0v) is 11.1. The van der Waals surface area contributed by atoms with Crippen LogP contribution in [-0.4, -0.2) is 33.4 Å². The quantitative estimate of drug-likeness (QED) is 0.898. The third-order valence-electron chi connectivity index (χ3n) is 3.01. The maximum atomic E-state index is 6.24. The normalized spacial score (nSPS) is 16.9. The van der Waals surface area contributed by atoms with Crippen LogP contribution in [0.1, 0.15) is 12.8 Å². The minimum atomic E-state index is 0.487. The second kappa shape index (κ2) is 5.61. The number of nitrogens with one attached hydrogen (secondary N) is 1. The summed E-state index contributed by atoms with van der Waals surface area (Å²) in [6.45, 7) is 1.69. The second-order valence-electron chi connectivity index (χ2n) is 4.56. The van der Waals surface area contributed by atoms with Gasteiger partial charge in [0.25, 0.3) is 0 Å². The first-order chi connectivity index (χ1) is 8.18. The van der Waals surface area contributed by atoms with Crippen molar-refractivity contribution in [3.63, 3.8) is 0 Å². The number of hydrogen-bond acceptors (Lipinski definition) is 3. The van der Waals surface area contributed by atoms with E-state index in [2.05, 4.69) is 11.4 Å². The van der Waals surface area contributed by atoms with Gasteiger partial charge >= 0.3 is 0 Å². The highest BCUT2D eigenvalue weighted by molar-refractivity contribution is 6.34. The summed E-state index contributed by atoms with van der Waals surface area (Å²) in [5.41, 5.74) is 2.16. The van der Waals surface area contributed by atoms with Gasteiger partial charge in [0.2, 0.25) is 0 Å². The Kier molecular flexibility index (Phi) is 4.13. The van der Waals surface area contributed by atoms with Crippen LogP contribution in [0.25, 0.3) is 0 Å². The van der Waals surface area contributed by atoms with E-state index in [4.69, 9.17) is 16.3 Å². The van der Waals surface area contributed by atoms with Gasteiger partial charge in [-0.3, -0.25) is 0 Å². The molecule has 1 aromatic rings. The molecule has 0 aliphatic carbocycles. The smallest absolute Gasteiger partial charge is 0.0786 e. The zero-order valence-electron chi connectivity index (χ0n) is 10.4. The summed E-state index contributed by atoms with van der Waals surface area (Å²) in [4.78, 5) is 2.05. The molecule has 4 heteroatoms. The van der Waals surface area contributed by atoms with Gasteiger partial charge in [0.05, 0.1) is 16.4 Å². The summed E-state index contributed by atoms with van der Waals surface area (Å²) >= 11 is 6.24. The number of para-hydroxylation sites is 1. The Hall–Kier alpha value is -0.930. The maximum absolute atomic E-state index is 6.24. The number of benzene rings is 1. The van der Waals surface area contributed by atoms with Gasteiger partial charge in [0.15, 0.2) is 0 Å². The van der Waals surface area contributed by atoms with Crippen molar-refractivity contribution in [1.82, 2.24) is 0 Å². The van der Waals surface area contributed by atoms with Gasteiger partial charge in [-0.25, -0.2) is 0 Å². The third-order valence-corrected chi connectivity index (χ3v) is 3.32. The molecule has 1 aliphatic rings. The summed E-state index contributed by atoms with van der Waals surface area (Å²) in [6, 6.07) is 6.47. The number of ether oxygens (including phenoxy) is 1. The SMILES string of the molecule is CN(C)c1c(Cl)cccc1NC1CCOCC1. The lowest BCUT2D eigenvalue weighted by Gasteiger charge is -2.27. The molecule has 0 atom stereocenters. The Morgan fingerprint density at radius 1 is 1.29 bits per heavy atom. The van der Waals surface area contributed by atoms with E-state index in [1.54, 1.807) is 0 Å². The van der Waals surface area contributed by atoms with E-state index in [-0.39, 0.29) is 0 Å². The molecule has 0 radical (unpaired) electrons. The molecule has 0 aromatic heterocycles. The van der Waals surface area contributed by atoms with Crippen LogP contribution in [0, 0.1) is 0 Å². The molecule has 0 saturated carbocycles. The number of nitrogens with zero attached hydrogens (tertiary/aromatic N) is 1. The van der Waals surface area contributed by atoms with Gasteiger partial charge in [-0.15, -0.1) is 0 Å². The van der Waals surface area contributed by atoms with Crippen molar-refractivity contribution in [3.05, 3.63) is 23.2 Å². The molecule has 3 nitrogen and oxygen atoms in total. The van der Waals surface area contributed by atoms with Crippen molar-refractivity contribution >= 4 is 23.0 Å². The van der Waals surface area contributed by atoms with Crippen LogP contribution in [0.2, 0.25) is 5.02 Å². The maximum Gasteiger partial charge on any atom is 0.0786 e. The largest absolute Gasteiger partial charge is 0.381 e. The van der Waals surface area contributed by atoms with Gasteiger partial charge < -0.3 is 15.0 Å². The molecule has 94 valence electrons. The molecule has 2 rings (SSSR count). The number of halogens is 1. The first-order valence-corrected chi connectivity index (χ1v) is 6.36. The lowest BCUT2D eigenvalue weighted by molar-refractivity contribution is 0.0904. The van der Waals surface area contributed by atoms with Crippen molar-refractivity contribution in [2.24, 2.45) is 0 Å². The van der Waals surface area contributed by atoms with E-state index in [0.717, 1.165) is 42.5 Å². The molecule has 1 saturated heterocycles. The Balaban J connectivity index is 2.16. The van der Waals surface area contributed by atoms with E-state index >= 15 is 0 Å². The third kappa shape index (κ3) is 3.05. The Morgan fingerprint density at radius 2 is 2.00 bits per heavy atom. The lowest BCUT2D eigenvalue weighted by Crippen LogP contribution is -2.28. The van der Waals surface area contributed by atoms with Crippen molar-refractivity contribution in [3.8, 4) is 0 Å². The minimum Gasteiger partial charge on any atom is -0.381 e. The lowest BCUT2D eigenvalue weighted by atomic mass is 10.1.